The van der Waals surface area contributed by atoms with Gasteiger partial charge in [0.25, 0.3) is 0 Å². The highest BCUT2D eigenvalue weighted by Gasteiger charge is 2.36. The zero-order valence-electron chi connectivity index (χ0n) is 17.8. The van der Waals surface area contributed by atoms with E-state index in [2.05, 4.69) is 29.0 Å². The third-order valence-electron chi connectivity index (χ3n) is 7.90. The number of hydrogen-bond acceptors (Lipinski definition) is 3. The first-order chi connectivity index (χ1) is 12.6. The number of fused-ring (bicyclic) bond motifs is 2. The van der Waals surface area contributed by atoms with E-state index in [9.17, 15) is 4.79 Å². The standard InChI is InChI=1S/C22H39N3O.2ClH/c1-16(2)18-3-7-21(8-4-18)24-9-11-25(12-10-24)22(26)15-17-13-19-5-6-20(14-17)23-19;;/h16-21,23H,3-15H2,1-2H3;2*1H. The van der Waals surface area contributed by atoms with Crippen LogP contribution < -0.4 is 5.32 Å². The Balaban J connectivity index is 0.00000140. The third-order valence-corrected chi connectivity index (χ3v) is 7.90. The number of halogens is 2. The topological polar surface area (TPSA) is 35.6 Å². The molecule has 28 heavy (non-hydrogen) atoms. The number of amides is 1. The second-order valence-corrected chi connectivity index (χ2v) is 9.91. The van der Waals surface area contributed by atoms with E-state index in [1.165, 1.54) is 51.4 Å². The van der Waals surface area contributed by atoms with E-state index >= 15 is 0 Å². The van der Waals surface area contributed by atoms with Crippen molar-refractivity contribution in [2.75, 3.05) is 26.2 Å². The van der Waals surface area contributed by atoms with Crippen LogP contribution in [0.5, 0.6) is 0 Å². The SMILES string of the molecule is CC(C)C1CCC(N2CCN(C(=O)CC3CC4CCC(C3)N4)CC2)CC1.Cl.Cl. The normalized spacial score (nSPS) is 36.0. The molecular formula is C22H41Cl2N3O. The largest absolute Gasteiger partial charge is 0.340 e. The monoisotopic (exact) mass is 433 g/mol. The van der Waals surface area contributed by atoms with Gasteiger partial charge in [0.1, 0.15) is 0 Å². The summed E-state index contributed by atoms with van der Waals surface area (Å²) in [7, 11) is 0. The van der Waals surface area contributed by atoms with Crippen LogP contribution in [0.4, 0.5) is 0 Å². The van der Waals surface area contributed by atoms with Crippen LogP contribution in [0.15, 0.2) is 0 Å². The van der Waals surface area contributed by atoms with Gasteiger partial charge in [0.05, 0.1) is 0 Å². The third kappa shape index (κ3) is 5.77. The molecule has 3 saturated heterocycles. The number of carbonyl (C=O) groups is 1. The van der Waals surface area contributed by atoms with E-state index in [1.54, 1.807) is 0 Å². The predicted molar refractivity (Wildman–Crippen MR) is 121 cm³/mol. The molecule has 1 N–H and O–H groups in total. The van der Waals surface area contributed by atoms with Crippen LogP contribution in [0.2, 0.25) is 0 Å². The maximum absolute atomic E-state index is 12.8. The first-order valence-electron chi connectivity index (χ1n) is 11.4. The summed E-state index contributed by atoms with van der Waals surface area (Å²) in [6.45, 7) is 8.87. The fraction of sp³-hybridized carbons (Fsp3) is 0.955. The number of nitrogens with zero attached hydrogens (tertiary/aromatic N) is 2. The smallest absolute Gasteiger partial charge is 0.222 e. The fourth-order valence-corrected chi connectivity index (χ4v) is 6.19. The Labute approximate surface area is 184 Å². The Hall–Kier alpha value is -0.0300. The molecule has 6 heteroatoms. The Kier molecular flexibility index (Phi) is 9.38. The van der Waals surface area contributed by atoms with Gasteiger partial charge < -0.3 is 10.2 Å². The number of piperidine rings is 1. The van der Waals surface area contributed by atoms with E-state index in [1.807, 2.05) is 0 Å². The van der Waals surface area contributed by atoms with Gasteiger partial charge in [-0.3, -0.25) is 9.69 Å². The van der Waals surface area contributed by atoms with Gasteiger partial charge in [0.2, 0.25) is 5.91 Å². The minimum absolute atomic E-state index is 0. The average molecular weight is 434 g/mol. The van der Waals surface area contributed by atoms with Crippen molar-refractivity contribution in [3.63, 3.8) is 0 Å². The van der Waals surface area contributed by atoms with Crippen LogP contribution in [0, 0.1) is 17.8 Å². The Morgan fingerprint density at radius 2 is 1.46 bits per heavy atom. The van der Waals surface area contributed by atoms with Crippen molar-refractivity contribution in [3.8, 4) is 0 Å². The van der Waals surface area contributed by atoms with Crippen LogP contribution >= 0.6 is 24.8 Å². The molecule has 2 bridgehead atoms. The molecule has 1 amide bonds. The van der Waals surface area contributed by atoms with Gasteiger partial charge in [-0.25, -0.2) is 0 Å². The van der Waals surface area contributed by atoms with E-state index in [-0.39, 0.29) is 24.8 Å². The van der Waals surface area contributed by atoms with Crippen molar-refractivity contribution in [1.29, 1.82) is 0 Å². The quantitative estimate of drug-likeness (QED) is 0.724. The highest BCUT2D eigenvalue weighted by molar-refractivity contribution is 5.85. The van der Waals surface area contributed by atoms with Gasteiger partial charge >= 0.3 is 0 Å². The second kappa shape index (κ2) is 10.8. The van der Waals surface area contributed by atoms with Crippen molar-refractivity contribution in [2.45, 2.75) is 89.8 Å². The molecule has 4 aliphatic rings. The van der Waals surface area contributed by atoms with Crippen molar-refractivity contribution >= 4 is 30.7 Å². The second-order valence-electron chi connectivity index (χ2n) is 9.91. The van der Waals surface area contributed by atoms with Gasteiger partial charge in [0.15, 0.2) is 0 Å². The summed E-state index contributed by atoms with van der Waals surface area (Å²) in [6, 6.07) is 2.18. The molecule has 3 aliphatic heterocycles. The fourth-order valence-electron chi connectivity index (χ4n) is 6.19. The molecule has 164 valence electrons. The molecule has 1 saturated carbocycles. The lowest BCUT2D eigenvalue weighted by Crippen LogP contribution is -2.53. The highest BCUT2D eigenvalue weighted by Crippen LogP contribution is 2.34. The van der Waals surface area contributed by atoms with Crippen molar-refractivity contribution in [1.82, 2.24) is 15.1 Å². The van der Waals surface area contributed by atoms with Gasteiger partial charge in [-0.05, 0) is 69.1 Å². The number of piperazine rings is 1. The lowest BCUT2D eigenvalue weighted by atomic mass is 9.79. The lowest BCUT2D eigenvalue weighted by molar-refractivity contribution is -0.134. The minimum Gasteiger partial charge on any atom is -0.340 e. The van der Waals surface area contributed by atoms with Crippen LogP contribution in [-0.4, -0.2) is 60.0 Å². The zero-order chi connectivity index (χ0) is 18.1. The van der Waals surface area contributed by atoms with Crippen molar-refractivity contribution < 1.29 is 4.79 Å². The summed E-state index contributed by atoms with van der Waals surface area (Å²) < 4.78 is 0. The Bertz CT molecular complexity index is 476. The van der Waals surface area contributed by atoms with E-state index in [4.69, 9.17) is 0 Å². The first-order valence-corrected chi connectivity index (χ1v) is 11.4. The molecule has 0 radical (unpaired) electrons. The predicted octanol–water partition coefficient (Wildman–Crippen LogP) is 4.11. The van der Waals surface area contributed by atoms with Gasteiger partial charge in [0, 0.05) is 50.7 Å². The molecule has 4 nitrogen and oxygen atoms in total. The molecule has 0 aromatic heterocycles. The summed E-state index contributed by atoms with van der Waals surface area (Å²) in [5.41, 5.74) is 0. The highest BCUT2D eigenvalue weighted by atomic mass is 35.5. The van der Waals surface area contributed by atoms with Crippen molar-refractivity contribution in [3.05, 3.63) is 0 Å². The number of nitrogens with one attached hydrogen (secondary N) is 1. The van der Waals surface area contributed by atoms with Crippen LogP contribution in [-0.2, 0) is 4.79 Å². The summed E-state index contributed by atoms with van der Waals surface area (Å²) in [5.74, 6) is 2.84. The lowest BCUT2D eigenvalue weighted by Gasteiger charge is -2.43. The summed E-state index contributed by atoms with van der Waals surface area (Å²) in [5, 5.41) is 3.69. The van der Waals surface area contributed by atoms with E-state index in [0.717, 1.165) is 50.5 Å². The number of hydrogen-bond donors (Lipinski definition) is 1. The summed E-state index contributed by atoms with van der Waals surface area (Å²) >= 11 is 0. The van der Waals surface area contributed by atoms with Crippen LogP contribution in [0.3, 0.4) is 0 Å². The maximum atomic E-state index is 12.8. The molecule has 2 atom stereocenters. The molecule has 4 rings (SSSR count). The first kappa shape index (κ1) is 24.2. The van der Waals surface area contributed by atoms with Crippen LogP contribution in [0.25, 0.3) is 0 Å². The maximum Gasteiger partial charge on any atom is 0.222 e. The number of carbonyl (C=O) groups excluding carboxylic acids is 1. The van der Waals surface area contributed by atoms with Gasteiger partial charge in [-0.1, -0.05) is 13.8 Å². The average Bonchev–Trinajstić information content (AvgIpc) is 3.00. The molecule has 0 spiro atoms. The minimum atomic E-state index is 0. The van der Waals surface area contributed by atoms with E-state index < -0.39 is 0 Å². The molecule has 0 aromatic rings. The molecule has 1 aliphatic carbocycles. The molecule has 3 heterocycles. The van der Waals surface area contributed by atoms with Crippen LogP contribution in [0.1, 0.15) is 71.6 Å². The zero-order valence-corrected chi connectivity index (χ0v) is 19.4. The summed E-state index contributed by atoms with van der Waals surface area (Å²) in [6.07, 6.45) is 11.4. The molecule has 0 aromatic carbocycles. The Morgan fingerprint density at radius 3 is 2.00 bits per heavy atom. The number of rotatable bonds is 4. The Morgan fingerprint density at radius 1 is 0.893 bits per heavy atom. The van der Waals surface area contributed by atoms with E-state index in [0.29, 0.717) is 23.9 Å². The van der Waals surface area contributed by atoms with Gasteiger partial charge in [-0.2, -0.15) is 0 Å². The molecule has 4 fully saturated rings. The molecule has 2 unspecified atom stereocenters. The molecular weight excluding hydrogens is 393 g/mol. The van der Waals surface area contributed by atoms with Crippen molar-refractivity contribution in [2.24, 2.45) is 17.8 Å². The van der Waals surface area contributed by atoms with Gasteiger partial charge in [-0.15, -0.1) is 24.8 Å². The summed E-state index contributed by atoms with van der Waals surface area (Å²) in [4.78, 5) is 17.6.